The lowest BCUT2D eigenvalue weighted by molar-refractivity contribution is -0.142. The van der Waals surface area contributed by atoms with E-state index in [1.165, 1.54) is 5.19 Å². The van der Waals surface area contributed by atoms with Gasteiger partial charge in [-0.05, 0) is 0 Å². The Labute approximate surface area is 102 Å². The number of aliphatic hydroxyl groups excluding tert-OH is 1. The molecule has 0 aromatic heterocycles. The van der Waals surface area contributed by atoms with Crippen molar-refractivity contribution in [3.8, 4) is 0 Å². The summed E-state index contributed by atoms with van der Waals surface area (Å²) in [7, 11) is -1.78. The van der Waals surface area contributed by atoms with Crippen LogP contribution in [-0.2, 0) is 9.53 Å². The van der Waals surface area contributed by atoms with Crippen LogP contribution in [0.5, 0.6) is 0 Å². The number of hydrogen-bond donors (Lipinski definition) is 1. The summed E-state index contributed by atoms with van der Waals surface area (Å²) in [6.07, 6.45) is 0.128. The summed E-state index contributed by atoms with van der Waals surface area (Å²) >= 11 is 0. The lowest BCUT2D eigenvalue weighted by Crippen LogP contribution is -2.49. The van der Waals surface area contributed by atoms with Gasteiger partial charge in [0, 0.05) is 12.0 Å². The minimum Gasteiger partial charge on any atom is -0.460 e. The Morgan fingerprint density at radius 2 is 2.00 bits per heavy atom. The maximum Gasteiger partial charge on any atom is 0.306 e. The van der Waals surface area contributed by atoms with Gasteiger partial charge in [-0.3, -0.25) is 4.79 Å². The number of carbonyl (C=O) groups excluding carboxylic acids is 1. The Balaban J connectivity index is 2.29. The largest absolute Gasteiger partial charge is 0.460 e. The molecule has 1 aromatic carbocycles. The Kier molecular flexibility index (Phi) is 3.35. The number of cyclic esters (lactones) is 1. The van der Waals surface area contributed by atoms with Gasteiger partial charge in [-0.2, -0.15) is 0 Å². The molecule has 1 N–H and O–H groups in total. The summed E-state index contributed by atoms with van der Waals surface area (Å²) in [6.45, 7) is 4.40. The molecule has 1 aliphatic rings. The molecule has 3 nitrogen and oxygen atoms in total. The van der Waals surface area contributed by atoms with Crippen LogP contribution in [0.1, 0.15) is 6.42 Å². The molecule has 4 heteroatoms. The Morgan fingerprint density at radius 1 is 1.35 bits per heavy atom. The van der Waals surface area contributed by atoms with Gasteiger partial charge in [0.2, 0.25) is 0 Å². The highest BCUT2D eigenvalue weighted by Gasteiger charge is 2.45. The quantitative estimate of drug-likeness (QED) is 0.649. The molecule has 0 aliphatic carbocycles. The molecule has 1 fully saturated rings. The fraction of sp³-hybridized carbons (Fsp3) is 0.462. The minimum absolute atomic E-state index is 0.0698. The van der Waals surface area contributed by atoms with Gasteiger partial charge in [0.05, 0.1) is 14.7 Å². The van der Waals surface area contributed by atoms with Crippen molar-refractivity contribution in [1.29, 1.82) is 0 Å². The highest BCUT2D eigenvalue weighted by molar-refractivity contribution is 6.91. The van der Waals surface area contributed by atoms with Gasteiger partial charge in [-0.15, -0.1) is 0 Å². The van der Waals surface area contributed by atoms with Gasteiger partial charge >= 0.3 is 5.97 Å². The summed E-state index contributed by atoms with van der Waals surface area (Å²) in [4.78, 5) is 11.4. The molecule has 2 unspecified atom stereocenters. The molecular formula is C13H18O3Si. The van der Waals surface area contributed by atoms with Crippen molar-refractivity contribution in [1.82, 2.24) is 0 Å². The molecule has 0 amide bonds. The zero-order valence-corrected chi connectivity index (χ0v) is 11.2. The van der Waals surface area contributed by atoms with Gasteiger partial charge < -0.3 is 9.84 Å². The van der Waals surface area contributed by atoms with Crippen LogP contribution in [0.25, 0.3) is 0 Å². The third-order valence-corrected chi connectivity index (χ3v) is 7.99. The van der Waals surface area contributed by atoms with E-state index in [0.29, 0.717) is 6.42 Å². The molecule has 92 valence electrons. The van der Waals surface area contributed by atoms with E-state index in [9.17, 15) is 9.90 Å². The number of esters is 1. The van der Waals surface area contributed by atoms with Crippen molar-refractivity contribution in [3.05, 3.63) is 30.3 Å². The van der Waals surface area contributed by atoms with Crippen LogP contribution in [0.15, 0.2) is 30.3 Å². The molecule has 2 rings (SSSR count). The highest BCUT2D eigenvalue weighted by Crippen LogP contribution is 2.36. The minimum atomic E-state index is -1.78. The van der Waals surface area contributed by atoms with E-state index < -0.39 is 8.07 Å². The van der Waals surface area contributed by atoms with Crippen LogP contribution in [-0.4, -0.2) is 31.9 Å². The molecule has 0 radical (unpaired) electrons. The molecule has 1 saturated heterocycles. The van der Waals surface area contributed by atoms with Gasteiger partial charge in [0.1, 0.15) is 6.10 Å². The monoisotopic (exact) mass is 250 g/mol. The maximum atomic E-state index is 11.4. The Hall–Kier alpha value is -1.13. The maximum absolute atomic E-state index is 11.4. The topological polar surface area (TPSA) is 46.5 Å². The van der Waals surface area contributed by atoms with Crippen molar-refractivity contribution in [2.45, 2.75) is 31.2 Å². The molecule has 0 bridgehead atoms. The van der Waals surface area contributed by atoms with Crippen molar-refractivity contribution >= 4 is 19.2 Å². The van der Waals surface area contributed by atoms with Crippen LogP contribution in [0.4, 0.5) is 0 Å². The second-order valence-corrected chi connectivity index (χ2v) is 9.87. The lowest BCUT2D eigenvalue weighted by atomic mass is 10.2. The summed E-state index contributed by atoms with van der Waals surface area (Å²) in [5.74, 6) is -0.175. The van der Waals surface area contributed by atoms with Crippen LogP contribution < -0.4 is 5.19 Å². The average Bonchev–Trinajstić information content (AvgIpc) is 2.72. The van der Waals surface area contributed by atoms with Gasteiger partial charge in [-0.1, -0.05) is 48.6 Å². The number of carbonyl (C=O) groups is 1. The molecule has 0 saturated carbocycles. The standard InChI is InChI=1S/C13H18O3Si/c1-17(2,10-6-4-3-5-7-10)12-8-13(15)16-11(12)9-14/h3-7,11-12,14H,8-9H2,1-2H3. The predicted octanol–water partition coefficient (Wildman–Crippen LogP) is 1.28. The van der Waals surface area contributed by atoms with Crippen molar-refractivity contribution < 1.29 is 14.6 Å². The van der Waals surface area contributed by atoms with Gasteiger partial charge in [0.25, 0.3) is 0 Å². The number of benzene rings is 1. The smallest absolute Gasteiger partial charge is 0.306 e. The SMILES string of the molecule is C[Si](C)(c1ccccc1)C1CC(=O)OC1CO. The van der Waals surface area contributed by atoms with Crippen molar-refractivity contribution in [2.24, 2.45) is 0 Å². The van der Waals surface area contributed by atoms with Crippen molar-refractivity contribution in [3.63, 3.8) is 0 Å². The Bertz CT molecular complexity index is 402. The van der Waals surface area contributed by atoms with E-state index in [0.717, 1.165) is 0 Å². The number of rotatable bonds is 3. The van der Waals surface area contributed by atoms with Gasteiger partial charge in [-0.25, -0.2) is 0 Å². The third-order valence-electron chi connectivity index (χ3n) is 3.74. The van der Waals surface area contributed by atoms with E-state index in [4.69, 9.17) is 4.74 Å². The van der Waals surface area contributed by atoms with E-state index in [2.05, 4.69) is 25.2 Å². The van der Waals surface area contributed by atoms with Gasteiger partial charge in [0.15, 0.2) is 0 Å². The van der Waals surface area contributed by atoms with E-state index in [-0.39, 0.29) is 24.2 Å². The Morgan fingerprint density at radius 3 is 2.59 bits per heavy atom. The van der Waals surface area contributed by atoms with Crippen LogP contribution in [0, 0.1) is 0 Å². The van der Waals surface area contributed by atoms with Crippen LogP contribution in [0.2, 0.25) is 18.6 Å². The zero-order chi connectivity index (χ0) is 12.5. The van der Waals surface area contributed by atoms with Crippen LogP contribution >= 0.6 is 0 Å². The first kappa shape index (κ1) is 12.3. The number of aliphatic hydroxyl groups is 1. The molecule has 1 aromatic rings. The first-order chi connectivity index (χ1) is 8.05. The van der Waals surface area contributed by atoms with Crippen LogP contribution in [0.3, 0.4) is 0 Å². The first-order valence-electron chi connectivity index (χ1n) is 5.91. The molecule has 17 heavy (non-hydrogen) atoms. The second-order valence-electron chi connectivity index (χ2n) is 5.11. The summed E-state index contributed by atoms with van der Waals surface area (Å²) < 4.78 is 5.18. The lowest BCUT2D eigenvalue weighted by Gasteiger charge is -2.31. The molecular weight excluding hydrogens is 232 g/mol. The second kappa shape index (κ2) is 4.62. The van der Waals surface area contributed by atoms with Crippen molar-refractivity contribution in [2.75, 3.05) is 6.61 Å². The zero-order valence-electron chi connectivity index (χ0n) is 10.2. The van der Waals surface area contributed by atoms with E-state index >= 15 is 0 Å². The fourth-order valence-electron chi connectivity index (χ4n) is 2.58. The molecule has 1 heterocycles. The van der Waals surface area contributed by atoms with E-state index in [1.54, 1.807) is 0 Å². The summed E-state index contributed by atoms with van der Waals surface area (Å²) in [6, 6.07) is 10.3. The molecule has 1 aliphatic heterocycles. The number of ether oxygens (including phenoxy) is 1. The molecule has 0 spiro atoms. The fourth-order valence-corrected chi connectivity index (χ4v) is 5.84. The summed E-state index contributed by atoms with van der Waals surface area (Å²) in [5, 5.41) is 10.6. The third kappa shape index (κ3) is 2.28. The average molecular weight is 250 g/mol. The van der Waals surface area contributed by atoms with E-state index in [1.807, 2.05) is 18.2 Å². The number of hydrogen-bond acceptors (Lipinski definition) is 3. The predicted molar refractivity (Wildman–Crippen MR) is 68.9 cm³/mol. The first-order valence-corrected chi connectivity index (χ1v) is 8.99. The highest BCUT2D eigenvalue weighted by atomic mass is 28.3. The summed E-state index contributed by atoms with van der Waals surface area (Å²) in [5.41, 5.74) is 0.169. The normalized spacial score (nSPS) is 24.8. The molecule has 2 atom stereocenters.